The second-order valence-corrected chi connectivity index (χ2v) is 5.94. The Labute approximate surface area is 123 Å². The van der Waals surface area contributed by atoms with Crippen molar-refractivity contribution in [3.05, 3.63) is 33.8 Å². The standard InChI is InChI=1S/C12H15BrF2IN/c1-7(2)11(5-16)17-6-8-10(14)4-3-9(13)12(8)15/h3-4,7,11,17H,5-6H2,1-2H3. The van der Waals surface area contributed by atoms with Gasteiger partial charge < -0.3 is 5.32 Å². The summed E-state index contributed by atoms with van der Waals surface area (Å²) in [5, 5.41) is 3.19. The molecule has 1 rings (SSSR count). The third-order valence-electron chi connectivity index (χ3n) is 2.65. The van der Waals surface area contributed by atoms with Crippen molar-refractivity contribution in [3.63, 3.8) is 0 Å². The maximum Gasteiger partial charge on any atom is 0.144 e. The largest absolute Gasteiger partial charge is 0.309 e. The molecule has 1 unspecified atom stereocenters. The molecule has 0 aliphatic heterocycles. The van der Waals surface area contributed by atoms with Gasteiger partial charge in [0.15, 0.2) is 0 Å². The molecule has 0 radical (unpaired) electrons. The second-order valence-electron chi connectivity index (χ2n) is 4.21. The number of rotatable bonds is 5. The minimum absolute atomic E-state index is 0.0925. The Bertz CT molecular complexity index is 385. The van der Waals surface area contributed by atoms with E-state index in [0.29, 0.717) is 10.4 Å². The lowest BCUT2D eigenvalue weighted by atomic mass is 10.1. The number of nitrogens with one attached hydrogen (secondary N) is 1. The summed E-state index contributed by atoms with van der Waals surface area (Å²) in [5.41, 5.74) is 0.0925. The summed E-state index contributed by atoms with van der Waals surface area (Å²) < 4.78 is 28.4. The van der Waals surface area contributed by atoms with Gasteiger partial charge in [0.1, 0.15) is 11.6 Å². The highest BCUT2D eigenvalue weighted by Gasteiger charge is 2.15. The molecule has 0 saturated carbocycles. The van der Waals surface area contributed by atoms with E-state index in [0.717, 1.165) is 4.43 Å². The van der Waals surface area contributed by atoms with Gasteiger partial charge in [-0.3, -0.25) is 0 Å². The molecule has 0 fully saturated rings. The van der Waals surface area contributed by atoms with Crippen molar-refractivity contribution in [2.45, 2.75) is 26.4 Å². The number of benzene rings is 1. The molecule has 1 aromatic carbocycles. The molecule has 0 heterocycles. The fraction of sp³-hybridized carbons (Fsp3) is 0.500. The summed E-state index contributed by atoms with van der Waals surface area (Å²) >= 11 is 5.33. The zero-order valence-electron chi connectivity index (χ0n) is 9.74. The SMILES string of the molecule is CC(C)C(CI)NCc1c(F)ccc(Br)c1F. The lowest BCUT2D eigenvalue weighted by Gasteiger charge is -2.20. The zero-order chi connectivity index (χ0) is 13.0. The highest BCUT2D eigenvalue weighted by molar-refractivity contribution is 14.1. The Hall–Kier alpha value is 0.250. The molecule has 0 amide bonds. The molecule has 0 saturated heterocycles. The van der Waals surface area contributed by atoms with Crippen LogP contribution in [0.5, 0.6) is 0 Å². The van der Waals surface area contributed by atoms with Crippen LogP contribution in [-0.4, -0.2) is 10.5 Å². The number of alkyl halides is 1. The molecule has 1 nitrogen and oxygen atoms in total. The summed E-state index contributed by atoms with van der Waals surface area (Å²) in [7, 11) is 0. The van der Waals surface area contributed by atoms with Gasteiger partial charge in [0.05, 0.1) is 4.47 Å². The summed E-state index contributed by atoms with van der Waals surface area (Å²) in [4.78, 5) is 0. The summed E-state index contributed by atoms with van der Waals surface area (Å²) in [6, 6.07) is 2.92. The molecule has 1 atom stereocenters. The summed E-state index contributed by atoms with van der Waals surface area (Å²) in [6.07, 6.45) is 0. The zero-order valence-corrected chi connectivity index (χ0v) is 13.5. The van der Waals surface area contributed by atoms with E-state index in [-0.39, 0.29) is 18.2 Å². The number of hydrogen-bond acceptors (Lipinski definition) is 1. The van der Waals surface area contributed by atoms with Gasteiger partial charge in [0.25, 0.3) is 0 Å². The van der Waals surface area contributed by atoms with Crippen molar-refractivity contribution >= 4 is 38.5 Å². The van der Waals surface area contributed by atoms with Crippen LogP contribution in [0.25, 0.3) is 0 Å². The first kappa shape index (κ1) is 15.3. The molecule has 1 N–H and O–H groups in total. The fourth-order valence-electron chi connectivity index (χ4n) is 1.43. The van der Waals surface area contributed by atoms with E-state index in [1.165, 1.54) is 12.1 Å². The predicted molar refractivity (Wildman–Crippen MR) is 78.4 cm³/mol. The monoisotopic (exact) mass is 417 g/mol. The Morgan fingerprint density at radius 1 is 1.35 bits per heavy atom. The van der Waals surface area contributed by atoms with Gasteiger partial charge in [-0.05, 0) is 34.0 Å². The van der Waals surface area contributed by atoms with Crippen LogP contribution < -0.4 is 5.32 Å². The van der Waals surface area contributed by atoms with E-state index in [9.17, 15) is 8.78 Å². The van der Waals surface area contributed by atoms with Crippen molar-refractivity contribution in [2.24, 2.45) is 5.92 Å². The van der Waals surface area contributed by atoms with Gasteiger partial charge >= 0.3 is 0 Å². The first-order chi connectivity index (χ1) is 7.97. The van der Waals surface area contributed by atoms with Crippen molar-refractivity contribution in [3.8, 4) is 0 Å². The minimum atomic E-state index is -0.520. The summed E-state index contributed by atoms with van der Waals surface area (Å²) in [6.45, 7) is 4.39. The number of hydrogen-bond donors (Lipinski definition) is 1. The molecular weight excluding hydrogens is 403 g/mol. The molecule has 0 spiro atoms. The molecular formula is C12H15BrF2IN. The topological polar surface area (TPSA) is 12.0 Å². The predicted octanol–water partition coefficient (Wildman–Crippen LogP) is 4.28. The molecule has 17 heavy (non-hydrogen) atoms. The van der Waals surface area contributed by atoms with Gasteiger partial charge in [-0.15, -0.1) is 0 Å². The third kappa shape index (κ3) is 4.13. The van der Waals surface area contributed by atoms with E-state index in [1.54, 1.807) is 0 Å². The van der Waals surface area contributed by atoms with Crippen LogP contribution in [0.15, 0.2) is 16.6 Å². The van der Waals surface area contributed by atoms with E-state index in [2.05, 4.69) is 57.7 Å². The van der Waals surface area contributed by atoms with Crippen LogP contribution in [0.2, 0.25) is 0 Å². The van der Waals surface area contributed by atoms with Crippen molar-refractivity contribution in [1.29, 1.82) is 0 Å². The van der Waals surface area contributed by atoms with Crippen molar-refractivity contribution in [1.82, 2.24) is 5.32 Å². The van der Waals surface area contributed by atoms with Crippen LogP contribution in [0.4, 0.5) is 8.78 Å². The quantitative estimate of drug-likeness (QED) is 0.428. The Kier molecular flexibility index (Phi) is 6.30. The first-order valence-electron chi connectivity index (χ1n) is 5.39. The maximum atomic E-state index is 13.7. The average molecular weight is 418 g/mol. The number of halogens is 4. The first-order valence-corrected chi connectivity index (χ1v) is 7.71. The van der Waals surface area contributed by atoms with Crippen LogP contribution in [0, 0.1) is 17.6 Å². The fourth-order valence-corrected chi connectivity index (χ4v) is 3.13. The second kappa shape index (κ2) is 6.99. The van der Waals surface area contributed by atoms with Crippen molar-refractivity contribution < 1.29 is 8.78 Å². The lowest BCUT2D eigenvalue weighted by Crippen LogP contribution is -2.35. The smallest absolute Gasteiger partial charge is 0.144 e. The maximum absolute atomic E-state index is 13.7. The Morgan fingerprint density at radius 2 is 2.00 bits per heavy atom. The molecule has 5 heteroatoms. The molecule has 0 aromatic heterocycles. The minimum Gasteiger partial charge on any atom is -0.309 e. The van der Waals surface area contributed by atoms with Crippen LogP contribution in [-0.2, 0) is 6.54 Å². The third-order valence-corrected chi connectivity index (χ3v) is 4.21. The molecule has 0 aliphatic rings. The molecule has 0 aliphatic carbocycles. The molecule has 1 aromatic rings. The van der Waals surface area contributed by atoms with Gasteiger partial charge in [-0.25, -0.2) is 8.78 Å². The Morgan fingerprint density at radius 3 is 2.53 bits per heavy atom. The van der Waals surface area contributed by atoms with E-state index in [1.807, 2.05) is 0 Å². The molecule has 0 bridgehead atoms. The van der Waals surface area contributed by atoms with Gasteiger partial charge in [0, 0.05) is 22.6 Å². The van der Waals surface area contributed by atoms with E-state index >= 15 is 0 Å². The van der Waals surface area contributed by atoms with E-state index in [4.69, 9.17) is 0 Å². The lowest BCUT2D eigenvalue weighted by molar-refractivity contribution is 0.424. The average Bonchev–Trinajstić information content (AvgIpc) is 2.28. The van der Waals surface area contributed by atoms with Gasteiger partial charge in [-0.2, -0.15) is 0 Å². The van der Waals surface area contributed by atoms with E-state index < -0.39 is 11.6 Å². The van der Waals surface area contributed by atoms with Gasteiger partial charge in [-0.1, -0.05) is 36.4 Å². The normalized spacial score (nSPS) is 13.1. The van der Waals surface area contributed by atoms with Crippen LogP contribution in [0.1, 0.15) is 19.4 Å². The summed E-state index contributed by atoms with van der Waals surface area (Å²) in [5.74, 6) is -0.590. The van der Waals surface area contributed by atoms with Crippen LogP contribution >= 0.6 is 38.5 Å². The Balaban J connectivity index is 2.78. The van der Waals surface area contributed by atoms with Crippen LogP contribution in [0.3, 0.4) is 0 Å². The van der Waals surface area contributed by atoms with Crippen molar-refractivity contribution in [2.75, 3.05) is 4.43 Å². The molecule has 96 valence electrons. The van der Waals surface area contributed by atoms with Gasteiger partial charge in [0.2, 0.25) is 0 Å². The highest BCUT2D eigenvalue weighted by Crippen LogP contribution is 2.21. The highest BCUT2D eigenvalue weighted by atomic mass is 127.